The second-order valence-corrected chi connectivity index (χ2v) is 4.17. The molecule has 0 aliphatic rings. The molecular weight excluding hydrogens is 247 g/mol. The highest BCUT2D eigenvalue weighted by atomic mass is 19.1. The molecule has 0 heterocycles. The highest BCUT2D eigenvalue weighted by Crippen LogP contribution is 2.26. The van der Waals surface area contributed by atoms with Crippen LogP contribution in [0.4, 0.5) is 21.5 Å². The number of aryl methyl sites for hydroxylation is 1. The Kier molecular flexibility index (Phi) is 3.37. The average Bonchev–Trinajstić information content (AvgIpc) is 2.37. The molecule has 19 heavy (non-hydrogen) atoms. The predicted molar refractivity (Wildman–Crippen MR) is 72.2 cm³/mol. The molecule has 0 aliphatic carbocycles. The van der Waals surface area contributed by atoms with Crippen molar-refractivity contribution in [1.82, 2.24) is 0 Å². The Labute approximate surface area is 109 Å². The van der Waals surface area contributed by atoms with Gasteiger partial charge in [0.25, 0.3) is 0 Å². The molecule has 0 aromatic heterocycles. The lowest BCUT2D eigenvalue weighted by molar-refractivity contribution is 0.0697. The molecule has 4 N–H and O–H groups in total. The van der Waals surface area contributed by atoms with E-state index in [1.807, 2.05) is 0 Å². The largest absolute Gasteiger partial charge is 0.478 e. The maximum absolute atomic E-state index is 13.8. The molecule has 2 aromatic carbocycles. The van der Waals surface area contributed by atoms with Gasteiger partial charge < -0.3 is 16.2 Å². The van der Waals surface area contributed by atoms with Crippen molar-refractivity contribution in [3.63, 3.8) is 0 Å². The molecule has 0 saturated carbocycles. The van der Waals surface area contributed by atoms with Crippen molar-refractivity contribution < 1.29 is 14.3 Å². The van der Waals surface area contributed by atoms with Crippen molar-refractivity contribution in [3.8, 4) is 0 Å². The fraction of sp³-hybridized carbons (Fsp3) is 0.0714. The van der Waals surface area contributed by atoms with Gasteiger partial charge in [0.2, 0.25) is 0 Å². The van der Waals surface area contributed by atoms with Crippen LogP contribution in [0.1, 0.15) is 15.9 Å². The zero-order valence-electron chi connectivity index (χ0n) is 10.3. The molecule has 98 valence electrons. The Bertz CT molecular complexity index is 641. The van der Waals surface area contributed by atoms with Gasteiger partial charge in [0.05, 0.1) is 22.6 Å². The normalized spacial score (nSPS) is 10.2. The molecule has 2 aromatic rings. The minimum atomic E-state index is -1.06. The lowest BCUT2D eigenvalue weighted by Crippen LogP contribution is -2.02. The van der Waals surface area contributed by atoms with Crippen molar-refractivity contribution in [1.29, 1.82) is 0 Å². The molecule has 0 aliphatic heterocycles. The van der Waals surface area contributed by atoms with Crippen LogP contribution in [0, 0.1) is 12.7 Å². The van der Waals surface area contributed by atoms with Crippen LogP contribution in [0.25, 0.3) is 0 Å². The first-order valence-corrected chi connectivity index (χ1v) is 5.64. The molecule has 0 amide bonds. The molecule has 0 atom stereocenters. The first kappa shape index (κ1) is 12.9. The first-order valence-electron chi connectivity index (χ1n) is 5.64. The minimum absolute atomic E-state index is 0.0905. The fourth-order valence-electron chi connectivity index (χ4n) is 1.70. The Balaban J connectivity index is 2.34. The van der Waals surface area contributed by atoms with E-state index in [4.69, 9.17) is 10.8 Å². The number of anilines is 3. The summed E-state index contributed by atoms with van der Waals surface area (Å²) in [6.45, 7) is 1.66. The summed E-state index contributed by atoms with van der Waals surface area (Å²) < 4.78 is 13.8. The number of hydrogen-bond acceptors (Lipinski definition) is 3. The lowest BCUT2D eigenvalue weighted by atomic mass is 10.1. The Morgan fingerprint density at radius 3 is 2.63 bits per heavy atom. The third kappa shape index (κ3) is 2.65. The van der Waals surface area contributed by atoms with Crippen LogP contribution in [0.5, 0.6) is 0 Å². The SMILES string of the molecule is Cc1cccc(Nc2ccc(C(=O)O)cc2N)c1F. The number of nitrogens with one attached hydrogen (secondary N) is 1. The van der Waals surface area contributed by atoms with Crippen LogP contribution >= 0.6 is 0 Å². The van der Waals surface area contributed by atoms with E-state index in [1.54, 1.807) is 25.1 Å². The van der Waals surface area contributed by atoms with Gasteiger partial charge in [0.15, 0.2) is 0 Å². The van der Waals surface area contributed by atoms with Gasteiger partial charge in [-0.25, -0.2) is 9.18 Å². The molecule has 4 nitrogen and oxygen atoms in total. The smallest absolute Gasteiger partial charge is 0.335 e. The van der Waals surface area contributed by atoms with Crippen molar-refractivity contribution >= 4 is 23.0 Å². The molecular formula is C14H13FN2O2. The van der Waals surface area contributed by atoms with E-state index in [1.165, 1.54) is 18.2 Å². The summed E-state index contributed by atoms with van der Waals surface area (Å²) in [7, 11) is 0. The topological polar surface area (TPSA) is 75.3 Å². The Morgan fingerprint density at radius 1 is 1.26 bits per heavy atom. The zero-order chi connectivity index (χ0) is 14.0. The fourth-order valence-corrected chi connectivity index (χ4v) is 1.70. The summed E-state index contributed by atoms with van der Waals surface area (Å²) in [4.78, 5) is 10.8. The summed E-state index contributed by atoms with van der Waals surface area (Å²) in [5.41, 5.74) is 7.38. The number of hydrogen-bond donors (Lipinski definition) is 3. The van der Waals surface area contributed by atoms with Crippen LogP contribution in [0.3, 0.4) is 0 Å². The van der Waals surface area contributed by atoms with Crippen LogP contribution < -0.4 is 11.1 Å². The number of aromatic carboxylic acids is 1. The van der Waals surface area contributed by atoms with E-state index >= 15 is 0 Å². The van der Waals surface area contributed by atoms with Crippen molar-refractivity contribution in [2.45, 2.75) is 6.92 Å². The molecule has 0 radical (unpaired) electrons. The van der Waals surface area contributed by atoms with Gasteiger partial charge in [-0.3, -0.25) is 0 Å². The summed E-state index contributed by atoms with van der Waals surface area (Å²) in [6.07, 6.45) is 0. The number of nitrogen functional groups attached to an aromatic ring is 1. The van der Waals surface area contributed by atoms with Crippen molar-refractivity contribution in [3.05, 3.63) is 53.3 Å². The number of carbonyl (C=O) groups is 1. The van der Waals surface area contributed by atoms with E-state index in [-0.39, 0.29) is 17.1 Å². The van der Waals surface area contributed by atoms with Gasteiger partial charge >= 0.3 is 5.97 Å². The maximum atomic E-state index is 13.8. The standard InChI is InChI=1S/C14H13FN2O2/c1-8-3-2-4-12(13(8)15)17-11-6-5-9(14(18)19)7-10(11)16/h2-7,17H,16H2,1H3,(H,18,19). The van der Waals surface area contributed by atoms with Gasteiger partial charge in [0.1, 0.15) is 5.82 Å². The zero-order valence-corrected chi connectivity index (χ0v) is 10.3. The molecule has 0 spiro atoms. The molecule has 5 heteroatoms. The molecule has 0 saturated heterocycles. The number of benzene rings is 2. The second-order valence-electron chi connectivity index (χ2n) is 4.17. The van der Waals surface area contributed by atoms with E-state index in [0.29, 0.717) is 16.9 Å². The van der Waals surface area contributed by atoms with Crippen molar-refractivity contribution in [2.24, 2.45) is 0 Å². The number of carboxylic acid groups (broad SMARTS) is 1. The highest BCUT2D eigenvalue weighted by Gasteiger charge is 2.09. The van der Waals surface area contributed by atoms with Crippen LogP contribution in [-0.4, -0.2) is 11.1 Å². The lowest BCUT2D eigenvalue weighted by Gasteiger charge is -2.11. The predicted octanol–water partition coefficient (Wildman–Crippen LogP) is 3.16. The monoisotopic (exact) mass is 260 g/mol. The van der Waals surface area contributed by atoms with E-state index in [2.05, 4.69) is 5.32 Å². The third-order valence-electron chi connectivity index (χ3n) is 2.76. The summed E-state index contributed by atoms with van der Waals surface area (Å²) >= 11 is 0. The van der Waals surface area contributed by atoms with Gasteiger partial charge in [0, 0.05) is 0 Å². The quantitative estimate of drug-likeness (QED) is 0.741. The second kappa shape index (κ2) is 4.97. The average molecular weight is 260 g/mol. The van der Waals surface area contributed by atoms with Crippen LogP contribution in [0.15, 0.2) is 36.4 Å². The summed E-state index contributed by atoms with van der Waals surface area (Å²) in [5.74, 6) is -1.41. The number of carboxylic acids is 1. The third-order valence-corrected chi connectivity index (χ3v) is 2.76. The number of rotatable bonds is 3. The number of halogens is 1. The molecule has 0 unspecified atom stereocenters. The maximum Gasteiger partial charge on any atom is 0.335 e. The van der Waals surface area contributed by atoms with Gasteiger partial charge in [-0.1, -0.05) is 12.1 Å². The van der Waals surface area contributed by atoms with E-state index in [0.717, 1.165) is 0 Å². The van der Waals surface area contributed by atoms with Gasteiger partial charge in [-0.2, -0.15) is 0 Å². The minimum Gasteiger partial charge on any atom is -0.478 e. The Hall–Kier alpha value is -2.56. The molecule has 2 rings (SSSR count). The summed E-state index contributed by atoms with van der Waals surface area (Å²) in [5, 5.41) is 11.7. The van der Waals surface area contributed by atoms with Crippen LogP contribution in [-0.2, 0) is 0 Å². The number of nitrogens with two attached hydrogens (primary N) is 1. The summed E-state index contributed by atoms with van der Waals surface area (Å²) in [6, 6.07) is 9.24. The Morgan fingerprint density at radius 2 is 2.00 bits per heavy atom. The van der Waals surface area contributed by atoms with E-state index in [9.17, 15) is 9.18 Å². The van der Waals surface area contributed by atoms with E-state index < -0.39 is 5.97 Å². The molecule has 0 fully saturated rings. The molecule has 0 bridgehead atoms. The highest BCUT2D eigenvalue weighted by molar-refractivity contribution is 5.90. The van der Waals surface area contributed by atoms with Gasteiger partial charge in [-0.05, 0) is 36.8 Å². The van der Waals surface area contributed by atoms with Crippen LogP contribution in [0.2, 0.25) is 0 Å². The van der Waals surface area contributed by atoms with Gasteiger partial charge in [-0.15, -0.1) is 0 Å². The first-order chi connectivity index (χ1) is 8.99. The van der Waals surface area contributed by atoms with Crippen molar-refractivity contribution in [2.75, 3.05) is 11.1 Å².